The Kier molecular flexibility index (Phi) is 6.17. The number of nitrogens with one attached hydrogen (secondary N) is 3. The molecule has 0 atom stereocenters. The van der Waals surface area contributed by atoms with Gasteiger partial charge >= 0.3 is 6.18 Å². The molecule has 2 aromatic heterocycles. The highest BCUT2D eigenvalue weighted by Gasteiger charge is 2.32. The minimum absolute atomic E-state index is 0.00411. The van der Waals surface area contributed by atoms with E-state index in [0.717, 1.165) is 24.0 Å². The van der Waals surface area contributed by atoms with Crippen LogP contribution in [0.1, 0.15) is 11.4 Å². The van der Waals surface area contributed by atoms with Gasteiger partial charge in [-0.25, -0.2) is 14.5 Å². The number of amidine groups is 1. The first-order chi connectivity index (χ1) is 12.1. The second kappa shape index (κ2) is 7.98. The van der Waals surface area contributed by atoms with E-state index >= 15 is 0 Å². The molecule has 0 bridgehead atoms. The average molecular weight is 411 g/mol. The van der Waals surface area contributed by atoms with Crippen LogP contribution in [-0.4, -0.2) is 41.8 Å². The third kappa shape index (κ3) is 5.94. The Morgan fingerprint density at radius 2 is 2.12 bits per heavy atom. The predicted octanol–water partition coefficient (Wildman–Crippen LogP) is 0.806. The summed E-state index contributed by atoms with van der Waals surface area (Å²) in [6.45, 7) is -0.00411. The molecule has 0 amide bonds. The number of halogens is 3. The van der Waals surface area contributed by atoms with Gasteiger partial charge in [0.15, 0.2) is 16.6 Å². The van der Waals surface area contributed by atoms with E-state index in [1.165, 1.54) is 6.07 Å². The molecule has 10 nitrogen and oxygen atoms in total. The molecular weight excluding hydrogens is 399 g/mol. The van der Waals surface area contributed by atoms with Crippen LogP contribution in [-0.2, 0) is 16.4 Å². The number of alkyl halides is 3. The molecule has 15 heteroatoms. The molecule has 0 saturated heterocycles. The van der Waals surface area contributed by atoms with Crippen LogP contribution in [0, 0.1) is 5.41 Å². The summed E-state index contributed by atoms with van der Waals surface area (Å²) in [4.78, 5) is 3.22. The summed E-state index contributed by atoms with van der Waals surface area (Å²) >= 11 is 1.02. The second-order valence-electron chi connectivity index (χ2n) is 4.63. The quantitative estimate of drug-likeness (QED) is 0.225. The minimum Gasteiger partial charge on any atom is -0.339 e. The van der Waals surface area contributed by atoms with Crippen LogP contribution >= 0.6 is 11.8 Å². The van der Waals surface area contributed by atoms with Crippen molar-refractivity contribution >= 4 is 33.5 Å². The van der Waals surface area contributed by atoms with Gasteiger partial charge in [-0.05, 0) is 22.4 Å². The van der Waals surface area contributed by atoms with Crippen molar-refractivity contribution in [2.75, 3.05) is 17.6 Å². The predicted molar refractivity (Wildman–Crippen MR) is 85.8 cm³/mol. The molecular formula is C11H12F3N7O3S2. The van der Waals surface area contributed by atoms with Gasteiger partial charge in [0.05, 0.1) is 0 Å². The molecule has 0 saturated carbocycles. The van der Waals surface area contributed by atoms with Crippen molar-refractivity contribution in [3.8, 4) is 0 Å². The minimum atomic E-state index is -4.62. The third-order valence-corrected chi connectivity index (χ3v) is 4.22. The molecule has 0 aromatic carbocycles. The van der Waals surface area contributed by atoms with Crippen LogP contribution in [0.2, 0.25) is 0 Å². The zero-order chi connectivity index (χ0) is 19.4. The lowest BCUT2D eigenvalue weighted by Gasteiger charge is -2.09. The molecule has 0 fully saturated rings. The lowest BCUT2D eigenvalue weighted by atomic mass is 10.3. The summed E-state index contributed by atoms with van der Waals surface area (Å²) in [6.07, 6.45) is -3.67. The standard InChI is InChI=1S/C11H12F3N7O3S2/c12-11(13,14)7-5-6(1-2-17-7)19-9(15)8-10(21-24-20-8)25-4-3-18-26(16,22)23/h1-2,5,18H,3-4H2,(H2,15,17,19)(H2,16,22,23). The molecule has 0 spiro atoms. The van der Waals surface area contributed by atoms with Crippen molar-refractivity contribution in [2.45, 2.75) is 11.2 Å². The number of aromatic nitrogens is 3. The average Bonchev–Trinajstić information content (AvgIpc) is 2.98. The molecule has 0 aliphatic carbocycles. The maximum Gasteiger partial charge on any atom is 0.433 e. The fourth-order valence-electron chi connectivity index (χ4n) is 1.63. The Labute approximate surface area is 149 Å². The molecule has 2 rings (SSSR count). The third-order valence-electron chi connectivity index (χ3n) is 2.66. The van der Waals surface area contributed by atoms with Crippen LogP contribution in [0.4, 0.5) is 18.9 Å². The number of anilines is 1. The van der Waals surface area contributed by atoms with Gasteiger partial charge in [0.1, 0.15) is 5.69 Å². The fraction of sp³-hybridized carbons (Fsp3) is 0.273. The topological polar surface area (TPSA) is 160 Å². The molecule has 0 aliphatic heterocycles. The molecule has 26 heavy (non-hydrogen) atoms. The Morgan fingerprint density at radius 1 is 1.38 bits per heavy atom. The molecule has 142 valence electrons. The Bertz CT molecular complexity index is 885. The zero-order valence-electron chi connectivity index (χ0n) is 12.7. The van der Waals surface area contributed by atoms with Gasteiger partial charge in [-0.2, -0.15) is 21.6 Å². The van der Waals surface area contributed by atoms with Crippen molar-refractivity contribution in [1.82, 2.24) is 20.0 Å². The molecule has 2 aromatic rings. The molecule has 5 N–H and O–H groups in total. The van der Waals surface area contributed by atoms with Gasteiger partial charge < -0.3 is 5.32 Å². The summed E-state index contributed by atoms with van der Waals surface area (Å²) in [7, 11) is -3.82. The van der Waals surface area contributed by atoms with E-state index in [2.05, 4.69) is 30.0 Å². The highest BCUT2D eigenvalue weighted by Crippen LogP contribution is 2.29. The molecule has 0 radical (unpaired) electrons. The van der Waals surface area contributed by atoms with Crippen molar-refractivity contribution in [2.24, 2.45) is 5.14 Å². The Hall–Kier alpha value is -2.23. The summed E-state index contributed by atoms with van der Waals surface area (Å²) in [6, 6.07) is 1.99. The summed E-state index contributed by atoms with van der Waals surface area (Å²) in [5.41, 5.74) is -1.18. The number of pyridine rings is 1. The van der Waals surface area contributed by atoms with Crippen molar-refractivity contribution in [3.05, 3.63) is 29.7 Å². The summed E-state index contributed by atoms with van der Waals surface area (Å²) in [5.74, 6) is -0.147. The van der Waals surface area contributed by atoms with E-state index in [0.29, 0.717) is 0 Å². The highest BCUT2D eigenvalue weighted by molar-refractivity contribution is 7.99. The number of thioether (sulfide) groups is 1. The first-order valence-corrected chi connectivity index (χ1v) is 9.21. The largest absolute Gasteiger partial charge is 0.433 e. The van der Waals surface area contributed by atoms with Crippen molar-refractivity contribution < 1.29 is 26.2 Å². The van der Waals surface area contributed by atoms with Gasteiger partial charge in [0, 0.05) is 24.2 Å². The normalized spacial score (nSPS) is 12.2. The van der Waals surface area contributed by atoms with E-state index in [4.69, 9.17) is 10.5 Å². The van der Waals surface area contributed by atoms with E-state index in [1.807, 2.05) is 0 Å². The van der Waals surface area contributed by atoms with E-state index < -0.39 is 22.1 Å². The van der Waals surface area contributed by atoms with E-state index in [9.17, 15) is 21.6 Å². The Balaban J connectivity index is 2.02. The second-order valence-corrected chi connectivity index (χ2v) is 7.10. The SMILES string of the molecule is N=C(Nc1ccnc(C(F)(F)F)c1)c1nonc1SCCNS(N)(=O)=O. The monoisotopic (exact) mass is 411 g/mol. The van der Waals surface area contributed by atoms with Gasteiger partial charge in [-0.1, -0.05) is 11.8 Å². The highest BCUT2D eigenvalue weighted by atomic mass is 32.2. The van der Waals surface area contributed by atoms with Gasteiger partial charge in [-0.3, -0.25) is 10.4 Å². The van der Waals surface area contributed by atoms with Crippen LogP contribution < -0.4 is 15.2 Å². The summed E-state index contributed by atoms with van der Waals surface area (Å²) < 4.78 is 66.1. The van der Waals surface area contributed by atoms with Crippen LogP contribution in [0.15, 0.2) is 28.0 Å². The number of nitrogens with two attached hydrogens (primary N) is 1. The number of hydrogen-bond donors (Lipinski definition) is 4. The van der Waals surface area contributed by atoms with Gasteiger partial charge in [0.2, 0.25) is 0 Å². The molecule has 0 aliphatic rings. The molecule has 0 unspecified atom stereocenters. The first-order valence-electron chi connectivity index (χ1n) is 6.68. The van der Waals surface area contributed by atoms with Crippen molar-refractivity contribution in [1.29, 1.82) is 5.41 Å². The van der Waals surface area contributed by atoms with Crippen LogP contribution in [0.5, 0.6) is 0 Å². The first kappa shape index (κ1) is 20.1. The number of rotatable bonds is 7. The summed E-state index contributed by atoms with van der Waals surface area (Å²) in [5, 5.41) is 22.4. The lowest BCUT2D eigenvalue weighted by Crippen LogP contribution is -2.32. The fourth-order valence-corrected chi connectivity index (χ4v) is 2.90. The Morgan fingerprint density at radius 3 is 2.77 bits per heavy atom. The number of nitrogens with zero attached hydrogens (tertiary/aromatic N) is 3. The number of hydrogen-bond acceptors (Lipinski definition) is 8. The van der Waals surface area contributed by atoms with Crippen LogP contribution in [0.25, 0.3) is 0 Å². The maximum absolute atomic E-state index is 12.7. The van der Waals surface area contributed by atoms with Gasteiger partial charge in [-0.15, -0.1) is 0 Å². The lowest BCUT2D eigenvalue weighted by molar-refractivity contribution is -0.141. The zero-order valence-corrected chi connectivity index (χ0v) is 14.4. The van der Waals surface area contributed by atoms with E-state index in [-0.39, 0.29) is 34.5 Å². The van der Waals surface area contributed by atoms with Crippen LogP contribution in [0.3, 0.4) is 0 Å². The van der Waals surface area contributed by atoms with Gasteiger partial charge in [0.25, 0.3) is 10.2 Å². The smallest absolute Gasteiger partial charge is 0.339 e. The van der Waals surface area contributed by atoms with E-state index in [1.54, 1.807) is 0 Å². The molecule has 2 heterocycles. The van der Waals surface area contributed by atoms with Crippen molar-refractivity contribution in [3.63, 3.8) is 0 Å². The maximum atomic E-state index is 12.7.